The van der Waals surface area contributed by atoms with Gasteiger partial charge in [0.1, 0.15) is 17.2 Å². The minimum Gasteiger partial charge on any atom is -0.508 e. The number of nitro groups is 1. The number of rotatable bonds is 7. The first-order valence-electron chi connectivity index (χ1n) is 14.6. The van der Waals surface area contributed by atoms with Crippen LogP contribution in [0.5, 0.6) is 17.2 Å². The van der Waals surface area contributed by atoms with Crippen molar-refractivity contribution in [1.29, 1.82) is 0 Å². The average molecular weight is 591 g/mol. The van der Waals surface area contributed by atoms with Crippen LogP contribution >= 0.6 is 0 Å². The van der Waals surface area contributed by atoms with Gasteiger partial charge in [-0.25, -0.2) is 0 Å². The van der Waals surface area contributed by atoms with Crippen LogP contribution < -0.4 is 14.4 Å². The number of esters is 1. The van der Waals surface area contributed by atoms with E-state index in [9.17, 15) is 20.0 Å². The predicted molar refractivity (Wildman–Crippen MR) is 169 cm³/mol. The van der Waals surface area contributed by atoms with Gasteiger partial charge in [-0.1, -0.05) is 56.3 Å². The highest BCUT2D eigenvalue weighted by Crippen LogP contribution is 2.55. The molecule has 0 amide bonds. The summed E-state index contributed by atoms with van der Waals surface area (Å²) in [5, 5.41) is 21.0. The molecule has 4 aromatic carbocycles. The molecule has 44 heavy (non-hydrogen) atoms. The highest BCUT2D eigenvalue weighted by molar-refractivity contribution is 5.76. The Bertz CT molecular complexity index is 1780. The zero-order chi connectivity index (χ0) is 31.3. The number of nitrogens with zero attached hydrogens (tertiary/aromatic N) is 2. The van der Waals surface area contributed by atoms with Crippen LogP contribution in [0.2, 0.25) is 0 Å². The van der Waals surface area contributed by atoms with Crippen molar-refractivity contribution >= 4 is 23.4 Å². The Morgan fingerprint density at radius 1 is 0.977 bits per heavy atom. The molecule has 0 bridgehead atoms. The second-order valence-electron chi connectivity index (χ2n) is 12.3. The lowest BCUT2D eigenvalue weighted by molar-refractivity contribution is -0.384. The molecule has 224 valence electrons. The second-order valence-corrected chi connectivity index (χ2v) is 12.3. The van der Waals surface area contributed by atoms with E-state index in [-0.39, 0.29) is 29.2 Å². The topological polar surface area (TPSA) is 102 Å². The summed E-state index contributed by atoms with van der Waals surface area (Å²) in [5.74, 6) is 0.855. The molecule has 4 aromatic rings. The van der Waals surface area contributed by atoms with Crippen molar-refractivity contribution in [3.05, 3.63) is 129 Å². The maximum absolute atomic E-state index is 13.2. The molecule has 1 spiro atoms. The largest absolute Gasteiger partial charge is 0.508 e. The summed E-state index contributed by atoms with van der Waals surface area (Å²) in [6.45, 7) is 8.75. The maximum Gasteiger partial charge on any atom is 0.312 e. The van der Waals surface area contributed by atoms with Crippen molar-refractivity contribution < 1.29 is 24.3 Å². The summed E-state index contributed by atoms with van der Waals surface area (Å²) in [6.07, 6.45) is 3.92. The molecular formula is C36H34N2O6. The fraction of sp³-hybridized carbons (Fsp3) is 0.250. The number of ether oxygens (including phenoxy) is 2. The average Bonchev–Trinajstić information content (AvgIpc) is 3.18. The maximum atomic E-state index is 13.2. The molecule has 0 radical (unpaired) electrons. The Kier molecular flexibility index (Phi) is 6.95. The van der Waals surface area contributed by atoms with Gasteiger partial charge in [-0.3, -0.25) is 14.9 Å². The van der Waals surface area contributed by atoms with E-state index in [1.807, 2.05) is 54.6 Å². The Morgan fingerprint density at radius 2 is 1.64 bits per heavy atom. The number of phenolic OH excluding ortho intramolecular Hbond substituents is 1. The lowest BCUT2D eigenvalue weighted by atomic mass is 9.76. The van der Waals surface area contributed by atoms with Crippen LogP contribution in [-0.4, -0.2) is 28.3 Å². The number of nitro benzene ring substituents is 1. The minimum absolute atomic E-state index is 0.00142. The van der Waals surface area contributed by atoms with E-state index in [1.165, 1.54) is 12.1 Å². The summed E-state index contributed by atoms with van der Waals surface area (Å²) < 4.78 is 12.5. The van der Waals surface area contributed by atoms with E-state index >= 15 is 0 Å². The molecule has 0 aliphatic carbocycles. The summed E-state index contributed by atoms with van der Waals surface area (Å²) in [6, 6.07) is 27.3. The normalized spacial score (nSPS) is 18.0. The number of hydrogen-bond donors (Lipinski definition) is 1. The molecule has 0 saturated carbocycles. The van der Waals surface area contributed by atoms with Gasteiger partial charge in [0.25, 0.3) is 5.69 Å². The molecule has 8 nitrogen and oxygen atoms in total. The van der Waals surface area contributed by atoms with Crippen molar-refractivity contribution in [2.24, 2.45) is 0 Å². The lowest BCUT2D eigenvalue weighted by Gasteiger charge is -2.47. The first kappa shape index (κ1) is 29.0. The summed E-state index contributed by atoms with van der Waals surface area (Å²) in [7, 11) is 0. The van der Waals surface area contributed by atoms with Crippen molar-refractivity contribution in [1.82, 2.24) is 0 Å². The fourth-order valence-corrected chi connectivity index (χ4v) is 6.36. The third-order valence-corrected chi connectivity index (χ3v) is 9.06. The number of carbonyl (C=O) groups excluding carboxylic acids is 1. The molecule has 8 heteroatoms. The Morgan fingerprint density at radius 3 is 2.32 bits per heavy atom. The van der Waals surface area contributed by atoms with Gasteiger partial charge < -0.3 is 19.5 Å². The Hall–Kier alpha value is -5.11. The monoisotopic (exact) mass is 590 g/mol. The Balaban J connectivity index is 1.21. The SMILES string of the molecule is CC(C)(c1ccc(O)cc1)c1ccc(OC(=O)CCN2c3ccccc3C(C)(C)C23C=Cc2cc([N+](=O)[O-])ccc2O3)cc1. The fourth-order valence-electron chi connectivity index (χ4n) is 6.36. The van der Waals surface area contributed by atoms with Crippen LogP contribution in [0.25, 0.3) is 6.08 Å². The number of phenols is 1. The van der Waals surface area contributed by atoms with Gasteiger partial charge in [0, 0.05) is 35.3 Å². The summed E-state index contributed by atoms with van der Waals surface area (Å²) >= 11 is 0. The van der Waals surface area contributed by atoms with Crippen molar-refractivity contribution in [3.8, 4) is 17.2 Å². The minimum atomic E-state index is -0.957. The zero-order valence-electron chi connectivity index (χ0n) is 25.1. The first-order chi connectivity index (χ1) is 20.9. The number of benzene rings is 4. The van der Waals surface area contributed by atoms with Crippen molar-refractivity contribution in [2.45, 2.75) is 50.7 Å². The molecule has 0 saturated heterocycles. The first-order valence-corrected chi connectivity index (χ1v) is 14.6. The highest BCUT2D eigenvalue weighted by Gasteiger charge is 2.58. The third-order valence-electron chi connectivity index (χ3n) is 9.06. The second kappa shape index (κ2) is 10.6. The Labute approximate surface area is 256 Å². The van der Waals surface area contributed by atoms with E-state index < -0.39 is 16.1 Å². The number of anilines is 1. The van der Waals surface area contributed by atoms with Gasteiger partial charge in [-0.15, -0.1) is 0 Å². The van der Waals surface area contributed by atoms with Gasteiger partial charge in [-0.05, 0) is 79.1 Å². The van der Waals surface area contributed by atoms with Crippen molar-refractivity contribution in [2.75, 3.05) is 11.4 Å². The third kappa shape index (κ3) is 4.76. The number of carbonyl (C=O) groups is 1. The summed E-state index contributed by atoms with van der Waals surface area (Å²) in [4.78, 5) is 26.2. The molecule has 1 unspecified atom stereocenters. The number of hydrogen-bond acceptors (Lipinski definition) is 7. The molecular weight excluding hydrogens is 556 g/mol. The van der Waals surface area contributed by atoms with E-state index in [1.54, 1.807) is 30.3 Å². The van der Waals surface area contributed by atoms with E-state index in [4.69, 9.17) is 9.47 Å². The van der Waals surface area contributed by atoms with E-state index in [0.717, 1.165) is 22.4 Å². The van der Waals surface area contributed by atoms with Crippen LogP contribution in [0.15, 0.2) is 97.1 Å². The number of aromatic hydroxyl groups is 1. The van der Waals surface area contributed by atoms with Gasteiger partial charge in [0.2, 0.25) is 5.72 Å². The van der Waals surface area contributed by atoms with Crippen molar-refractivity contribution in [3.63, 3.8) is 0 Å². The molecule has 2 aliphatic heterocycles. The van der Waals surface area contributed by atoms with Crippen LogP contribution in [0.3, 0.4) is 0 Å². The van der Waals surface area contributed by atoms with E-state index in [0.29, 0.717) is 23.6 Å². The van der Waals surface area contributed by atoms with Crippen LogP contribution in [0.1, 0.15) is 56.4 Å². The van der Waals surface area contributed by atoms with E-state index in [2.05, 4.69) is 38.7 Å². The van der Waals surface area contributed by atoms with Gasteiger partial charge in [0.05, 0.1) is 16.8 Å². The summed E-state index contributed by atoms with van der Waals surface area (Å²) in [5.41, 5.74) is 3.00. The quantitative estimate of drug-likeness (QED) is 0.103. The van der Waals surface area contributed by atoms with Crippen LogP contribution in [0, 0.1) is 10.1 Å². The van der Waals surface area contributed by atoms with Crippen LogP contribution in [-0.2, 0) is 15.6 Å². The smallest absolute Gasteiger partial charge is 0.312 e. The molecule has 1 N–H and O–H groups in total. The van der Waals surface area contributed by atoms with Gasteiger partial charge in [-0.2, -0.15) is 0 Å². The zero-order valence-corrected chi connectivity index (χ0v) is 25.1. The number of non-ortho nitro benzene ring substituents is 1. The molecule has 6 rings (SSSR count). The highest BCUT2D eigenvalue weighted by atomic mass is 16.6. The van der Waals surface area contributed by atoms with Crippen LogP contribution in [0.4, 0.5) is 11.4 Å². The van der Waals surface area contributed by atoms with Gasteiger partial charge in [0.15, 0.2) is 0 Å². The van der Waals surface area contributed by atoms with Gasteiger partial charge >= 0.3 is 5.97 Å². The molecule has 0 fully saturated rings. The number of para-hydroxylation sites is 1. The molecule has 2 aliphatic rings. The number of fused-ring (bicyclic) bond motifs is 2. The lowest BCUT2D eigenvalue weighted by Crippen LogP contribution is -2.60. The molecule has 0 aromatic heterocycles. The standard InChI is InChI=1S/C36H34N2O6/c1-34(2,25-9-14-28(39)15-10-25)26-11-16-29(17-12-26)43-33(40)20-22-37-31-8-6-5-7-30(31)35(3,4)36(37)21-19-24-23-27(38(41)42)13-18-32(24)44-36/h5-19,21,23,39H,20,22H2,1-4H3. The molecule has 1 atom stereocenters. The predicted octanol–water partition coefficient (Wildman–Crippen LogP) is 7.52. The molecule has 2 heterocycles.